The normalized spacial score (nSPS) is 25.7. The highest BCUT2D eigenvalue weighted by atomic mass is 16.3. The minimum atomic E-state index is -0.0757. The van der Waals surface area contributed by atoms with Gasteiger partial charge in [0.15, 0.2) is 0 Å². The summed E-state index contributed by atoms with van der Waals surface area (Å²) in [7, 11) is 0. The molecule has 2 heteroatoms. The van der Waals surface area contributed by atoms with E-state index >= 15 is 0 Å². The van der Waals surface area contributed by atoms with E-state index in [1.807, 2.05) is 6.07 Å². The minimum Gasteiger partial charge on any atom is -0.393 e. The number of nitrogens with one attached hydrogen (secondary N) is 1. The van der Waals surface area contributed by atoms with E-state index in [-0.39, 0.29) is 6.10 Å². The molecule has 0 bridgehead atoms. The highest BCUT2D eigenvalue weighted by Crippen LogP contribution is 2.24. The summed E-state index contributed by atoms with van der Waals surface area (Å²) in [6.45, 7) is 1.85. The van der Waals surface area contributed by atoms with Crippen LogP contribution in [0.1, 0.15) is 24.8 Å². The molecule has 1 aliphatic carbocycles. The van der Waals surface area contributed by atoms with Crippen LogP contribution in [0.3, 0.4) is 0 Å². The smallest absolute Gasteiger partial charge is 0.0580 e. The molecular weight excluding hydrogens is 186 g/mol. The van der Waals surface area contributed by atoms with Crippen LogP contribution in [0.5, 0.6) is 0 Å². The van der Waals surface area contributed by atoms with Crippen molar-refractivity contribution in [1.29, 1.82) is 0 Å². The number of benzene rings is 1. The fraction of sp³-hybridized carbons (Fsp3) is 0.538. The Morgan fingerprint density at radius 1 is 1.20 bits per heavy atom. The van der Waals surface area contributed by atoms with Crippen LogP contribution in [0, 0.1) is 5.92 Å². The first-order valence-corrected chi connectivity index (χ1v) is 5.79. The highest BCUT2D eigenvalue weighted by molar-refractivity contribution is 5.14. The molecule has 2 N–H and O–H groups in total. The Morgan fingerprint density at radius 2 is 2.00 bits per heavy atom. The molecule has 2 rings (SSSR count). The predicted molar refractivity (Wildman–Crippen MR) is 61.5 cm³/mol. The van der Waals surface area contributed by atoms with Crippen molar-refractivity contribution in [3.63, 3.8) is 0 Å². The van der Waals surface area contributed by atoms with Gasteiger partial charge in [0.1, 0.15) is 0 Å². The third kappa shape index (κ3) is 3.05. The Bertz CT molecular complexity index is 286. The van der Waals surface area contributed by atoms with Gasteiger partial charge < -0.3 is 10.4 Å². The Labute approximate surface area is 91.3 Å². The summed E-state index contributed by atoms with van der Waals surface area (Å²) in [4.78, 5) is 0. The van der Waals surface area contributed by atoms with Gasteiger partial charge in [-0.2, -0.15) is 0 Å². The van der Waals surface area contributed by atoms with E-state index in [0.717, 1.165) is 19.5 Å². The Hall–Kier alpha value is -0.860. The number of rotatable bonds is 4. The molecule has 2 atom stereocenters. The zero-order chi connectivity index (χ0) is 10.5. The van der Waals surface area contributed by atoms with Crippen LogP contribution in [0.25, 0.3) is 0 Å². The zero-order valence-electron chi connectivity index (χ0n) is 9.02. The van der Waals surface area contributed by atoms with E-state index in [2.05, 4.69) is 29.6 Å². The van der Waals surface area contributed by atoms with Crippen molar-refractivity contribution in [2.45, 2.75) is 31.9 Å². The zero-order valence-corrected chi connectivity index (χ0v) is 9.02. The molecule has 15 heavy (non-hydrogen) atoms. The van der Waals surface area contributed by atoms with Crippen LogP contribution in [0.4, 0.5) is 0 Å². The minimum absolute atomic E-state index is 0.0757. The molecule has 0 radical (unpaired) electrons. The third-order valence-electron chi connectivity index (χ3n) is 3.20. The number of hydrogen-bond donors (Lipinski definition) is 2. The Kier molecular flexibility index (Phi) is 3.75. The highest BCUT2D eigenvalue weighted by Gasteiger charge is 2.24. The molecule has 2 unspecified atom stereocenters. The second kappa shape index (κ2) is 5.29. The maximum Gasteiger partial charge on any atom is 0.0580 e. The molecule has 0 spiro atoms. The van der Waals surface area contributed by atoms with E-state index in [1.165, 1.54) is 18.4 Å². The van der Waals surface area contributed by atoms with Gasteiger partial charge in [0, 0.05) is 13.1 Å². The Morgan fingerprint density at radius 3 is 2.67 bits per heavy atom. The van der Waals surface area contributed by atoms with Crippen LogP contribution in [-0.2, 0) is 6.54 Å². The van der Waals surface area contributed by atoms with Gasteiger partial charge in [0.2, 0.25) is 0 Å². The van der Waals surface area contributed by atoms with Gasteiger partial charge in [0.05, 0.1) is 6.10 Å². The molecule has 2 nitrogen and oxygen atoms in total. The predicted octanol–water partition coefficient (Wildman–Crippen LogP) is 1.94. The van der Waals surface area contributed by atoms with E-state index < -0.39 is 0 Å². The molecule has 1 aliphatic rings. The average Bonchev–Trinajstić information content (AvgIpc) is 2.66. The first-order chi connectivity index (χ1) is 7.36. The molecule has 0 aliphatic heterocycles. The van der Waals surface area contributed by atoms with E-state index in [9.17, 15) is 5.11 Å². The summed E-state index contributed by atoms with van der Waals surface area (Å²) in [5.74, 6) is 0.466. The van der Waals surface area contributed by atoms with Crippen LogP contribution >= 0.6 is 0 Å². The molecule has 1 saturated carbocycles. The monoisotopic (exact) mass is 205 g/mol. The van der Waals surface area contributed by atoms with Gasteiger partial charge >= 0.3 is 0 Å². The summed E-state index contributed by atoms with van der Waals surface area (Å²) in [5, 5.41) is 13.1. The lowest BCUT2D eigenvalue weighted by Gasteiger charge is -2.14. The van der Waals surface area contributed by atoms with Crippen molar-refractivity contribution in [2.24, 2.45) is 5.92 Å². The van der Waals surface area contributed by atoms with Gasteiger partial charge in [-0.25, -0.2) is 0 Å². The van der Waals surface area contributed by atoms with Gasteiger partial charge in [-0.3, -0.25) is 0 Å². The lowest BCUT2D eigenvalue weighted by Crippen LogP contribution is -2.27. The molecule has 1 aromatic carbocycles. The van der Waals surface area contributed by atoms with Gasteiger partial charge in [-0.05, 0) is 24.3 Å². The van der Waals surface area contributed by atoms with Crippen molar-refractivity contribution >= 4 is 0 Å². The topological polar surface area (TPSA) is 32.3 Å². The van der Waals surface area contributed by atoms with Gasteiger partial charge in [0.25, 0.3) is 0 Å². The molecule has 1 aromatic rings. The van der Waals surface area contributed by atoms with Gasteiger partial charge in [-0.15, -0.1) is 0 Å². The molecule has 0 aromatic heterocycles. The van der Waals surface area contributed by atoms with Crippen molar-refractivity contribution in [2.75, 3.05) is 6.54 Å². The molecule has 0 saturated heterocycles. The molecular formula is C13H19NO. The summed E-state index contributed by atoms with van der Waals surface area (Å²) in [5.41, 5.74) is 1.31. The first-order valence-electron chi connectivity index (χ1n) is 5.79. The lowest BCUT2D eigenvalue weighted by atomic mass is 10.1. The maximum atomic E-state index is 9.65. The van der Waals surface area contributed by atoms with Crippen LogP contribution in [-0.4, -0.2) is 17.8 Å². The number of aliphatic hydroxyl groups excluding tert-OH is 1. The van der Waals surface area contributed by atoms with E-state index in [0.29, 0.717) is 5.92 Å². The summed E-state index contributed by atoms with van der Waals surface area (Å²) in [6, 6.07) is 10.4. The SMILES string of the molecule is OC1CCCC1CNCc1ccccc1. The number of hydrogen-bond acceptors (Lipinski definition) is 2. The fourth-order valence-electron chi connectivity index (χ4n) is 2.25. The third-order valence-corrected chi connectivity index (χ3v) is 3.20. The van der Waals surface area contributed by atoms with Crippen LogP contribution < -0.4 is 5.32 Å². The van der Waals surface area contributed by atoms with E-state index in [1.54, 1.807) is 0 Å². The number of aliphatic hydroxyl groups is 1. The van der Waals surface area contributed by atoms with Crippen molar-refractivity contribution < 1.29 is 5.11 Å². The molecule has 0 amide bonds. The van der Waals surface area contributed by atoms with Crippen molar-refractivity contribution in [1.82, 2.24) is 5.32 Å². The standard InChI is InChI=1S/C13H19NO/c15-13-8-4-7-12(13)10-14-9-11-5-2-1-3-6-11/h1-3,5-6,12-15H,4,7-10H2. The molecule has 0 heterocycles. The second-order valence-electron chi connectivity index (χ2n) is 4.37. The van der Waals surface area contributed by atoms with Crippen molar-refractivity contribution in [3.05, 3.63) is 35.9 Å². The van der Waals surface area contributed by atoms with Crippen LogP contribution in [0.15, 0.2) is 30.3 Å². The van der Waals surface area contributed by atoms with Gasteiger partial charge in [-0.1, -0.05) is 36.8 Å². The van der Waals surface area contributed by atoms with Crippen molar-refractivity contribution in [3.8, 4) is 0 Å². The Balaban J connectivity index is 1.71. The molecule has 1 fully saturated rings. The summed E-state index contributed by atoms with van der Waals surface area (Å²) >= 11 is 0. The largest absolute Gasteiger partial charge is 0.393 e. The first kappa shape index (κ1) is 10.7. The quantitative estimate of drug-likeness (QED) is 0.787. The van der Waals surface area contributed by atoms with E-state index in [4.69, 9.17) is 0 Å². The summed E-state index contributed by atoms with van der Waals surface area (Å²) in [6.07, 6.45) is 3.26. The fourth-order valence-corrected chi connectivity index (χ4v) is 2.25. The van der Waals surface area contributed by atoms with Crippen LogP contribution in [0.2, 0.25) is 0 Å². The average molecular weight is 205 g/mol. The maximum absolute atomic E-state index is 9.65. The second-order valence-corrected chi connectivity index (χ2v) is 4.37. The molecule has 82 valence electrons. The lowest BCUT2D eigenvalue weighted by molar-refractivity contribution is 0.131. The summed E-state index contributed by atoms with van der Waals surface area (Å²) < 4.78 is 0.